The summed E-state index contributed by atoms with van der Waals surface area (Å²) >= 11 is 3.36. The second-order valence-corrected chi connectivity index (χ2v) is 5.42. The number of anilines is 1. The van der Waals surface area contributed by atoms with Gasteiger partial charge in [-0.2, -0.15) is 0 Å². The lowest BCUT2D eigenvalue weighted by atomic mass is 10.2. The van der Waals surface area contributed by atoms with Crippen LogP contribution >= 0.6 is 15.9 Å². The molecule has 0 saturated heterocycles. The number of carbonyl (C=O) groups excluding carboxylic acids is 2. The van der Waals surface area contributed by atoms with Crippen molar-refractivity contribution in [3.05, 3.63) is 28.2 Å². The summed E-state index contributed by atoms with van der Waals surface area (Å²) in [6.07, 6.45) is 0.997. The molecule has 21 heavy (non-hydrogen) atoms. The lowest BCUT2D eigenvalue weighted by Crippen LogP contribution is -2.34. The molecular weight excluding hydrogens is 340 g/mol. The standard InChI is InChI=1S/C14H17BrN2O4/c1-9-8-10(6-7-11(9)15)16-14(21)17-12(18)4-2-3-5-13(19)20/h6-8H,2-5H2,1H3,(H,19,20)(H2,16,17,18,21). The van der Waals surface area contributed by atoms with E-state index in [1.54, 1.807) is 18.2 Å². The van der Waals surface area contributed by atoms with Gasteiger partial charge in [-0.3, -0.25) is 14.9 Å². The second kappa shape index (κ2) is 8.41. The number of nitrogens with one attached hydrogen (secondary N) is 2. The zero-order valence-electron chi connectivity index (χ0n) is 11.6. The number of carboxylic acid groups (broad SMARTS) is 1. The van der Waals surface area contributed by atoms with Gasteiger partial charge in [-0.15, -0.1) is 0 Å². The van der Waals surface area contributed by atoms with Crippen LogP contribution in [0, 0.1) is 6.92 Å². The number of urea groups is 1. The summed E-state index contributed by atoms with van der Waals surface area (Å²) in [6, 6.07) is 4.70. The third-order valence-electron chi connectivity index (χ3n) is 2.71. The maximum absolute atomic E-state index is 11.6. The van der Waals surface area contributed by atoms with Gasteiger partial charge in [0.15, 0.2) is 0 Å². The molecule has 0 spiro atoms. The third-order valence-corrected chi connectivity index (χ3v) is 3.60. The molecule has 6 nitrogen and oxygen atoms in total. The first-order chi connectivity index (χ1) is 9.88. The molecule has 0 bridgehead atoms. The van der Waals surface area contributed by atoms with Crippen molar-refractivity contribution in [1.82, 2.24) is 5.32 Å². The highest BCUT2D eigenvalue weighted by atomic mass is 79.9. The molecule has 3 amide bonds. The summed E-state index contributed by atoms with van der Waals surface area (Å²) in [5, 5.41) is 13.2. The first-order valence-corrected chi connectivity index (χ1v) is 7.26. The van der Waals surface area contributed by atoms with Crippen LogP contribution in [0.15, 0.2) is 22.7 Å². The van der Waals surface area contributed by atoms with Crippen molar-refractivity contribution in [2.24, 2.45) is 0 Å². The molecule has 0 aliphatic carbocycles. The van der Waals surface area contributed by atoms with E-state index in [0.717, 1.165) is 10.0 Å². The van der Waals surface area contributed by atoms with Crippen LogP contribution in [0.3, 0.4) is 0 Å². The van der Waals surface area contributed by atoms with E-state index < -0.39 is 17.9 Å². The Bertz CT molecular complexity index is 546. The van der Waals surface area contributed by atoms with E-state index in [2.05, 4.69) is 26.6 Å². The first kappa shape index (κ1) is 17.2. The predicted octanol–water partition coefficient (Wildman–Crippen LogP) is 3.05. The lowest BCUT2D eigenvalue weighted by molar-refractivity contribution is -0.137. The van der Waals surface area contributed by atoms with Gasteiger partial charge >= 0.3 is 12.0 Å². The number of amides is 3. The van der Waals surface area contributed by atoms with Crippen molar-refractivity contribution >= 4 is 39.5 Å². The first-order valence-electron chi connectivity index (χ1n) is 6.47. The van der Waals surface area contributed by atoms with Gasteiger partial charge in [-0.1, -0.05) is 15.9 Å². The van der Waals surface area contributed by atoms with E-state index in [0.29, 0.717) is 18.5 Å². The lowest BCUT2D eigenvalue weighted by Gasteiger charge is -2.08. The normalized spacial score (nSPS) is 10.0. The van der Waals surface area contributed by atoms with Gasteiger partial charge < -0.3 is 10.4 Å². The number of halogens is 1. The average molecular weight is 357 g/mol. The van der Waals surface area contributed by atoms with Crippen LogP contribution in [0.1, 0.15) is 31.2 Å². The van der Waals surface area contributed by atoms with Crippen molar-refractivity contribution in [2.75, 3.05) is 5.32 Å². The largest absolute Gasteiger partial charge is 0.481 e. The van der Waals surface area contributed by atoms with Crippen LogP contribution in [-0.4, -0.2) is 23.0 Å². The van der Waals surface area contributed by atoms with E-state index >= 15 is 0 Å². The number of imide groups is 1. The Kier molecular flexibility index (Phi) is 6.87. The number of rotatable bonds is 6. The second-order valence-electron chi connectivity index (χ2n) is 4.57. The Labute approximate surface area is 131 Å². The fourth-order valence-corrected chi connectivity index (χ4v) is 1.88. The fraction of sp³-hybridized carbons (Fsp3) is 0.357. The summed E-state index contributed by atoms with van der Waals surface area (Å²) in [6.45, 7) is 1.89. The molecule has 1 aromatic carbocycles. The summed E-state index contributed by atoms with van der Waals surface area (Å²) in [7, 11) is 0. The average Bonchev–Trinajstić information content (AvgIpc) is 2.38. The van der Waals surface area contributed by atoms with Gasteiger partial charge in [0.25, 0.3) is 0 Å². The maximum atomic E-state index is 11.6. The zero-order chi connectivity index (χ0) is 15.8. The van der Waals surface area contributed by atoms with Crippen LogP contribution in [0.4, 0.5) is 10.5 Å². The van der Waals surface area contributed by atoms with Gasteiger partial charge in [0, 0.05) is 23.0 Å². The molecule has 0 aliphatic heterocycles. The summed E-state index contributed by atoms with van der Waals surface area (Å²) in [4.78, 5) is 33.4. The van der Waals surface area contributed by atoms with Crippen LogP contribution in [0.2, 0.25) is 0 Å². The van der Waals surface area contributed by atoms with E-state index in [1.165, 1.54) is 0 Å². The van der Waals surface area contributed by atoms with Crippen LogP contribution in [0.25, 0.3) is 0 Å². The summed E-state index contributed by atoms with van der Waals surface area (Å²) in [5.74, 6) is -1.31. The topological polar surface area (TPSA) is 95.5 Å². The van der Waals surface area contributed by atoms with Gasteiger partial charge in [-0.25, -0.2) is 4.79 Å². The molecule has 0 fully saturated rings. The molecule has 0 aliphatic rings. The number of benzene rings is 1. The molecule has 3 N–H and O–H groups in total. The minimum atomic E-state index is -0.890. The number of hydrogen-bond donors (Lipinski definition) is 3. The number of aliphatic carboxylic acids is 1. The highest BCUT2D eigenvalue weighted by molar-refractivity contribution is 9.10. The monoisotopic (exact) mass is 356 g/mol. The minimum absolute atomic E-state index is 0.0254. The molecule has 0 atom stereocenters. The Morgan fingerprint density at radius 1 is 1.19 bits per heavy atom. The molecule has 0 unspecified atom stereocenters. The van der Waals surface area contributed by atoms with E-state index in [1.807, 2.05) is 6.92 Å². The Morgan fingerprint density at radius 2 is 1.86 bits per heavy atom. The number of unbranched alkanes of at least 4 members (excludes halogenated alkanes) is 1. The van der Waals surface area contributed by atoms with Crippen molar-refractivity contribution in [1.29, 1.82) is 0 Å². The Balaban J connectivity index is 2.34. The number of carbonyl (C=O) groups is 3. The van der Waals surface area contributed by atoms with Crippen molar-refractivity contribution in [3.8, 4) is 0 Å². The Morgan fingerprint density at radius 3 is 2.48 bits per heavy atom. The molecule has 7 heteroatoms. The van der Waals surface area contributed by atoms with Crippen molar-refractivity contribution in [3.63, 3.8) is 0 Å². The summed E-state index contributed by atoms with van der Waals surface area (Å²) in [5.41, 5.74) is 1.56. The minimum Gasteiger partial charge on any atom is -0.481 e. The van der Waals surface area contributed by atoms with E-state index in [-0.39, 0.29) is 12.8 Å². The molecule has 1 rings (SSSR count). The van der Waals surface area contributed by atoms with E-state index in [4.69, 9.17) is 5.11 Å². The zero-order valence-corrected chi connectivity index (χ0v) is 13.2. The number of hydrogen-bond acceptors (Lipinski definition) is 3. The SMILES string of the molecule is Cc1cc(NC(=O)NC(=O)CCCCC(=O)O)ccc1Br. The number of carboxylic acids is 1. The van der Waals surface area contributed by atoms with Gasteiger partial charge in [0.2, 0.25) is 5.91 Å². The van der Waals surface area contributed by atoms with E-state index in [9.17, 15) is 14.4 Å². The predicted molar refractivity (Wildman–Crippen MR) is 82.1 cm³/mol. The fourth-order valence-electron chi connectivity index (χ4n) is 1.64. The quantitative estimate of drug-likeness (QED) is 0.682. The van der Waals surface area contributed by atoms with Gasteiger partial charge in [0.1, 0.15) is 0 Å². The Hall–Kier alpha value is -1.89. The molecule has 0 heterocycles. The maximum Gasteiger partial charge on any atom is 0.325 e. The van der Waals surface area contributed by atoms with Crippen LogP contribution in [-0.2, 0) is 9.59 Å². The van der Waals surface area contributed by atoms with Gasteiger partial charge in [-0.05, 0) is 43.5 Å². The smallest absolute Gasteiger partial charge is 0.325 e. The van der Waals surface area contributed by atoms with Crippen LogP contribution < -0.4 is 10.6 Å². The van der Waals surface area contributed by atoms with Crippen LogP contribution in [0.5, 0.6) is 0 Å². The third kappa shape index (κ3) is 6.89. The molecule has 0 aromatic heterocycles. The molecule has 114 valence electrons. The molecular formula is C14H17BrN2O4. The molecule has 0 radical (unpaired) electrons. The van der Waals surface area contributed by atoms with Gasteiger partial charge in [0.05, 0.1) is 0 Å². The number of aryl methyl sites for hydroxylation is 1. The molecule has 1 aromatic rings. The summed E-state index contributed by atoms with van der Waals surface area (Å²) < 4.78 is 0.933. The highest BCUT2D eigenvalue weighted by Gasteiger charge is 2.08. The highest BCUT2D eigenvalue weighted by Crippen LogP contribution is 2.19. The van der Waals surface area contributed by atoms with Crippen molar-refractivity contribution < 1.29 is 19.5 Å². The van der Waals surface area contributed by atoms with Crippen molar-refractivity contribution in [2.45, 2.75) is 32.6 Å². The molecule has 0 saturated carbocycles.